The Morgan fingerprint density at radius 3 is 2.63 bits per heavy atom. The van der Waals surface area contributed by atoms with E-state index in [1.165, 1.54) is 19.4 Å². The van der Waals surface area contributed by atoms with Crippen molar-refractivity contribution in [2.24, 2.45) is 0 Å². The number of hydrogen-bond donors (Lipinski definition) is 0. The van der Waals surface area contributed by atoms with Gasteiger partial charge < -0.3 is 9.47 Å². The maximum atomic E-state index is 11.5. The maximum absolute atomic E-state index is 11.5. The predicted molar refractivity (Wildman–Crippen MR) is 67.5 cm³/mol. The van der Waals surface area contributed by atoms with Gasteiger partial charge in [-0.2, -0.15) is 0 Å². The van der Waals surface area contributed by atoms with E-state index in [1.807, 2.05) is 12.1 Å². The molecule has 1 aromatic rings. The summed E-state index contributed by atoms with van der Waals surface area (Å²) < 4.78 is 11.0. The van der Waals surface area contributed by atoms with E-state index < -0.39 is 11.7 Å². The highest BCUT2D eigenvalue weighted by Gasteiger charge is 2.55. The molecule has 4 heteroatoms. The molecule has 0 N–H and O–H groups in total. The number of hydrogen-bond acceptors (Lipinski definition) is 4. The average Bonchev–Trinajstić information content (AvgIpc) is 2.81. The van der Waals surface area contributed by atoms with Gasteiger partial charge in [0.05, 0.1) is 0 Å². The Kier molecular flexibility index (Phi) is 2.62. The van der Waals surface area contributed by atoms with Crippen molar-refractivity contribution in [1.82, 2.24) is 0 Å². The Morgan fingerprint density at radius 2 is 1.95 bits per heavy atom. The van der Waals surface area contributed by atoms with Crippen molar-refractivity contribution in [1.29, 1.82) is 0 Å². The lowest BCUT2D eigenvalue weighted by Gasteiger charge is -2.31. The zero-order valence-electron chi connectivity index (χ0n) is 11.1. The third kappa shape index (κ3) is 1.74. The van der Waals surface area contributed by atoms with Crippen molar-refractivity contribution in [2.45, 2.75) is 44.8 Å². The zero-order chi connectivity index (χ0) is 13.6. The standard InChI is InChI=1S/C15H16O4/c1-9(16)18-13-8-12-5-3-4-11-6-7-15(13,14(11)12)19-10(2)17/h3-5,13H,6-8H2,1-2H3. The van der Waals surface area contributed by atoms with E-state index in [4.69, 9.17) is 9.47 Å². The van der Waals surface area contributed by atoms with Crippen LogP contribution in [0, 0.1) is 0 Å². The first-order valence-electron chi connectivity index (χ1n) is 6.51. The molecule has 0 spiro atoms. The second kappa shape index (κ2) is 4.08. The average molecular weight is 260 g/mol. The molecule has 2 atom stereocenters. The van der Waals surface area contributed by atoms with E-state index >= 15 is 0 Å². The van der Waals surface area contributed by atoms with Crippen LogP contribution in [0.25, 0.3) is 0 Å². The predicted octanol–water partition coefficient (Wildman–Crippen LogP) is 1.88. The summed E-state index contributed by atoms with van der Waals surface area (Å²) in [6, 6.07) is 6.08. The SMILES string of the molecule is CC(=O)OC1Cc2cccc3c2C1(OC(C)=O)CC3. The molecule has 1 aromatic carbocycles. The van der Waals surface area contributed by atoms with Gasteiger partial charge in [-0.1, -0.05) is 18.2 Å². The molecule has 0 radical (unpaired) electrons. The number of rotatable bonds is 2. The maximum Gasteiger partial charge on any atom is 0.303 e. The topological polar surface area (TPSA) is 52.6 Å². The number of ether oxygens (including phenoxy) is 2. The molecule has 100 valence electrons. The zero-order valence-corrected chi connectivity index (χ0v) is 11.1. The van der Waals surface area contributed by atoms with Gasteiger partial charge in [0.15, 0.2) is 5.60 Å². The minimum Gasteiger partial charge on any atom is -0.458 e. The van der Waals surface area contributed by atoms with E-state index in [2.05, 4.69) is 6.07 Å². The second-order valence-electron chi connectivity index (χ2n) is 5.24. The summed E-state index contributed by atoms with van der Waals surface area (Å²) in [5, 5.41) is 0. The molecule has 2 unspecified atom stereocenters. The lowest BCUT2D eigenvalue weighted by Crippen LogP contribution is -2.41. The minimum atomic E-state index is -0.760. The van der Waals surface area contributed by atoms with Crippen LogP contribution < -0.4 is 0 Å². The molecule has 0 saturated heterocycles. The van der Waals surface area contributed by atoms with Crippen LogP contribution in [0.2, 0.25) is 0 Å². The van der Waals surface area contributed by atoms with E-state index in [1.54, 1.807) is 0 Å². The van der Waals surface area contributed by atoms with Crippen LogP contribution in [0.4, 0.5) is 0 Å². The molecule has 4 nitrogen and oxygen atoms in total. The molecule has 0 bridgehead atoms. The van der Waals surface area contributed by atoms with Crippen molar-refractivity contribution in [3.05, 3.63) is 34.9 Å². The van der Waals surface area contributed by atoms with Gasteiger partial charge in [0.25, 0.3) is 0 Å². The number of benzene rings is 1. The molecule has 0 fully saturated rings. The lowest BCUT2D eigenvalue weighted by molar-refractivity contribution is -0.183. The van der Waals surface area contributed by atoms with Gasteiger partial charge in [0.1, 0.15) is 6.10 Å². The quantitative estimate of drug-likeness (QED) is 0.762. The Hall–Kier alpha value is -1.84. The third-order valence-corrected chi connectivity index (χ3v) is 3.99. The van der Waals surface area contributed by atoms with Crippen molar-refractivity contribution in [3.8, 4) is 0 Å². The van der Waals surface area contributed by atoms with Gasteiger partial charge in [0, 0.05) is 25.8 Å². The number of carbonyl (C=O) groups excluding carboxylic acids is 2. The monoisotopic (exact) mass is 260 g/mol. The molecule has 0 heterocycles. The first-order valence-corrected chi connectivity index (χ1v) is 6.51. The molecule has 2 aliphatic rings. The molecule has 0 aromatic heterocycles. The summed E-state index contributed by atoms with van der Waals surface area (Å²) in [5.41, 5.74) is 2.64. The van der Waals surface area contributed by atoms with Gasteiger partial charge in [-0.15, -0.1) is 0 Å². The number of aryl methyl sites for hydroxylation is 1. The van der Waals surface area contributed by atoms with Crippen molar-refractivity contribution < 1.29 is 19.1 Å². The first-order chi connectivity index (χ1) is 9.03. The summed E-state index contributed by atoms with van der Waals surface area (Å²) in [6.45, 7) is 2.79. The molecule has 0 aliphatic heterocycles. The summed E-state index contributed by atoms with van der Waals surface area (Å²) >= 11 is 0. The summed E-state index contributed by atoms with van der Waals surface area (Å²) in [4.78, 5) is 22.8. The highest BCUT2D eigenvalue weighted by atomic mass is 16.6. The summed E-state index contributed by atoms with van der Waals surface area (Å²) in [6.07, 6.45) is 1.77. The van der Waals surface area contributed by atoms with Gasteiger partial charge in [-0.05, 0) is 24.0 Å². The molecule has 19 heavy (non-hydrogen) atoms. The van der Waals surface area contributed by atoms with Crippen LogP contribution >= 0.6 is 0 Å². The lowest BCUT2D eigenvalue weighted by atomic mass is 9.95. The van der Waals surface area contributed by atoms with Gasteiger partial charge in [0.2, 0.25) is 0 Å². The summed E-state index contributed by atoms with van der Waals surface area (Å²) in [7, 11) is 0. The van der Waals surface area contributed by atoms with E-state index in [0.717, 1.165) is 17.5 Å². The van der Waals surface area contributed by atoms with Crippen LogP contribution in [-0.4, -0.2) is 18.0 Å². The molecule has 0 saturated carbocycles. The molecular weight excluding hydrogens is 244 g/mol. The highest BCUT2D eigenvalue weighted by molar-refractivity contribution is 5.69. The molecule has 3 rings (SSSR count). The van der Waals surface area contributed by atoms with Crippen LogP contribution in [0.15, 0.2) is 18.2 Å². The fourth-order valence-corrected chi connectivity index (χ4v) is 3.47. The van der Waals surface area contributed by atoms with Crippen molar-refractivity contribution >= 4 is 11.9 Å². The van der Waals surface area contributed by atoms with Crippen LogP contribution in [0.1, 0.15) is 37.0 Å². The minimum absolute atomic E-state index is 0.332. The highest BCUT2D eigenvalue weighted by Crippen LogP contribution is 2.51. The normalized spacial score (nSPS) is 26.9. The molecular formula is C15H16O4. The van der Waals surface area contributed by atoms with Crippen molar-refractivity contribution in [2.75, 3.05) is 0 Å². The van der Waals surface area contributed by atoms with E-state index in [9.17, 15) is 9.59 Å². The van der Waals surface area contributed by atoms with Crippen LogP contribution in [-0.2, 0) is 37.5 Å². The fourth-order valence-electron chi connectivity index (χ4n) is 3.47. The summed E-state index contributed by atoms with van der Waals surface area (Å²) in [5.74, 6) is -0.667. The Bertz CT molecular complexity index is 563. The molecule has 0 amide bonds. The van der Waals surface area contributed by atoms with Crippen molar-refractivity contribution in [3.63, 3.8) is 0 Å². The number of esters is 2. The van der Waals surface area contributed by atoms with E-state index in [0.29, 0.717) is 12.8 Å². The smallest absolute Gasteiger partial charge is 0.303 e. The second-order valence-corrected chi connectivity index (χ2v) is 5.24. The Balaban J connectivity index is 2.08. The van der Waals surface area contributed by atoms with E-state index in [-0.39, 0.29) is 11.9 Å². The molecule has 2 aliphatic carbocycles. The van der Waals surface area contributed by atoms with Gasteiger partial charge >= 0.3 is 11.9 Å². The fraction of sp³-hybridized carbons (Fsp3) is 0.467. The first kappa shape index (κ1) is 12.2. The number of carbonyl (C=O) groups is 2. The van der Waals surface area contributed by atoms with Gasteiger partial charge in [-0.3, -0.25) is 9.59 Å². The van der Waals surface area contributed by atoms with Crippen LogP contribution in [0.3, 0.4) is 0 Å². The Labute approximate surface area is 111 Å². The van der Waals surface area contributed by atoms with Gasteiger partial charge in [-0.25, -0.2) is 0 Å². The van der Waals surface area contributed by atoms with Crippen LogP contribution in [0.5, 0.6) is 0 Å². The third-order valence-electron chi connectivity index (χ3n) is 3.99. The Morgan fingerprint density at radius 1 is 1.21 bits per heavy atom. The largest absolute Gasteiger partial charge is 0.458 e.